The first-order chi connectivity index (χ1) is 22.1. The summed E-state index contributed by atoms with van der Waals surface area (Å²) in [5.41, 5.74) is 1.42. The van der Waals surface area contributed by atoms with Gasteiger partial charge >= 0.3 is 6.09 Å². The maximum absolute atomic E-state index is 11.7. The molecule has 4 N–H and O–H groups in total. The lowest BCUT2D eigenvalue weighted by Gasteiger charge is -2.06. The van der Waals surface area contributed by atoms with E-state index in [1.807, 2.05) is 0 Å². The van der Waals surface area contributed by atoms with Gasteiger partial charge in [0.05, 0.1) is 40.5 Å². The molecule has 1 atom stereocenters. The molecule has 0 aromatic carbocycles. The molecule has 264 valence electrons. The minimum absolute atomic E-state index is 0.0243. The van der Waals surface area contributed by atoms with Gasteiger partial charge in [0.2, 0.25) is 11.9 Å². The Labute approximate surface area is 319 Å². The number of aliphatic imine (C=N–C) groups is 2. The normalized spacial score (nSPS) is 12.2. The van der Waals surface area contributed by atoms with Gasteiger partial charge in [0, 0.05) is 41.7 Å². The van der Waals surface area contributed by atoms with Crippen molar-refractivity contribution < 1.29 is 38.9 Å². The molecule has 0 aromatic heterocycles. The number of carbonyl (C=O) groups is 2. The molecular weight excluding hydrogens is 841 g/mol. The average molecular weight is 879 g/mol. The first-order valence-corrected chi connectivity index (χ1v) is 27.2. The Balaban J connectivity index is 3.28. The molecule has 0 aliphatic heterocycles. The molecule has 0 spiro atoms. The van der Waals surface area contributed by atoms with Crippen molar-refractivity contribution in [3.05, 3.63) is 0 Å². The number of amides is 2. The highest BCUT2D eigenvalue weighted by molar-refractivity contribution is 8.24. The second kappa shape index (κ2) is 40.7. The fraction of sp³-hybridized carbons (Fsp3) is 0.800. The highest BCUT2D eigenvalue weighted by Crippen LogP contribution is 2.20. The van der Waals surface area contributed by atoms with E-state index in [0.29, 0.717) is 45.6 Å². The zero-order chi connectivity index (χ0) is 32.9. The molecule has 0 fully saturated rings. The van der Waals surface area contributed by atoms with Crippen LogP contribution in [0.3, 0.4) is 0 Å². The van der Waals surface area contributed by atoms with Crippen LogP contribution in [0.2, 0.25) is 0 Å². The van der Waals surface area contributed by atoms with E-state index in [2.05, 4.69) is 20.6 Å². The SMILES string of the molecule is O=C(NCSCSCSC/N=C\[S+]([O-])CSCO)OCSCSCSCOO/C=N\CSCSCSCNC(=O)SCSCO. The van der Waals surface area contributed by atoms with Gasteiger partial charge in [-0.3, -0.25) is 4.79 Å². The van der Waals surface area contributed by atoms with Crippen LogP contribution < -0.4 is 10.6 Å². The molecule has 0 rings (SSSR count). The Kier molecular flexibility index (Phi) is 42.8. The third-order valence-electron chi connectivity index (χ3n) is 3.41. The van der Waals surface area contributed by atoms with Crippen molar-refractivity contribution in [2.75, 3.05) is 87.9 Å². The van der Waals surface area contributed by atoms with E-state index in [9.17, 15) is 14.1 Å². The van der Waals surface area contributed by atoms with Gasteiger partial charge in [-0.2, -0.15) is 4.89 Å². The van der Waals surface area contributed by atoms with Crippen LogP contribution in [0.4, 0.5) is 9.59 Å². The van der Waals surface area contributed by atoms with E-state index >= 15 is 0 Å². The van der Waals surface area contributed by atoms with Gasteiger partial charge in [-0.25, -0.2) is 14.8 Å². The first kappa shape index (κ1) is 47.3. The smallest absolute Gasteiger partial charge is 0.408 e. The molecule has 0 aliphatic rings. The molecular formula is C20H38N4O8S13. The highest BCUT2D eigenvalue weighted by Gasteiger charge is 2.03. The minimum Gasteiger partial charge on any atom is -0.610 e. The second-order valence-electron chi connectivity index (χ2n) is 6.62. The van der Waals surface area contributed by atoms with Gasteiger partial charge < -0.3 is 35.0 Å². The molecule has 0 bridgehead atoms. The topological polar surface area (TPSA) is 174 Å². The Morgan fingerprint density at radius 3 is 2.00 bits per heavy atom. The van der Waals surface area contributed by atoms with Crippen LogP contribution in [0, 0.1) is 0 Å². The third-order valence-corrected chi connectivity index (χ3v) is 17.2. The summed E-state index contributed by atoms with van der Waals surface area (Å²) < 4.78 is 16.6. The standard InChI is InChI=1S/C20H38N4O8S13/c25-7-37-17-44-20(28)24-5-36-14-41-11-33-2-21-1-31-32-10-40-16-43-15-39-9-30-19(27)23-4-35-13-42-12-34-3-22-6-45(29)18-38-8-26/h1,6,25-26H,2-5,7-18H2,(H,23,27)(H,24,28)/b21-1-,22-6-. The zero-order valence-corrected chi connectivity index (χ0v) is 34.6. The summed E-state index contributed by atoms with van der Waals surface area (Å²) in [6.07, 6.45) is 0.867. The molecule has 2 amide bonds. The third kappa shape index (κ3) is 40.6. The Morgan fingerprint density at radius 2 is 1.31 bits per heavy atom. The predicted molar refractivity (Wildman–Crippen MR) is 219 cm³/mol. The Bertz CT molecular complexity index is 744. The average Bonchev–Trinajstić information content (AvgIpc) is 3.03. The predicted octanol–water partition coefficient (Wildman–Crippen LogP) is 6.28. The van der Waals surface area contributed by atoms with Crippen LogP contribution in [0.25, 0.3) is 0 Å². The van der Waals surface area contributed by atoms with Gasteiger partial charge in [0.15, 0.2) is 5.08 Å². The minimum atomic E-state index is -1.14. The number of aliphatic hydroxyl groups is 2. The first-order valence-electron chi connectivity index (χ1n) is 12.1. The summed E-state index contributed by atoms with van der Waals surface area (Å²) in [6.45, 7) is 0. The van der Waals surface area contributed by atoms with Crippen LogP contribution in [-0.2, 0) is 25.7 Å². The number of alkyl carbamates (subject to hydrolysis) is 1. The number of thioether (sulfide) groups is 12. The molecule has 0 saturated heterocycles. The summed E-state index contributed by atoms with van der Waals surface area (Å²) in [5, 5.41) is 28.7. The van der Waals surface area contributed by atoms with E-state index in [0.717, 1.165) is 42.3 Å². The van der Waals surface area contributed by atoms with Crippen LogP contribution in [-0.4, -0.2) is 126 Å². The van der Waals surface area contributed by atoms with Gasteiger partial charge in [-0.05, 0) is 0 Å². The Morgan fingerprint density at radius 1 is 0.711 bits per heavy atom. The van der Waals surface area contributed by atoms with Gasteiger partial charge in [-0.1, -0.05) is 23.5 Å². The van der Waals surface area contributed by atoms with E-state index in [4.69, 9.17) is 24.7 Å². The van der Waals surface area contributed by atoms with Gasteiger partial charge in [-0.15, -0.1) is 118 Å². The number of aliphatic hydroxyl groups excluding tert-OH is 2. The van der Waals surface area contributed by atoms with Gasteiger partial charge in [0.1, 0.15) is 11.9 Å². The Hall–Kier alpha value is 2.27. The highest BCUT2D eigenvalue weighted by atomic mass is 32.3. The second-order valence-corrected chi connectivity index (χ2v) is 22.4. The fourth-order valence-corrected chi connectivity index (χ4v) is 13.0. The molecule has 0 saturated carbocycles. The van der Waals surface area contributed by atoms with Crippen LogP contribution in [0.5, 0.6) is 0 Å². The number of ether oxygens (including phenoxy) is 1. The van der Waals surface area contributed by atoms with Gasteiger partial charge in [0.25, 0.3) is 5.24 Å². The molecule has 25 heteroatoms. The van der Waals surface area contributed by atoms with Crippen LogP contribution >= 0.6 is 141 Å². The fourth-order valence-electron chi connectivity index (χ4n) is 1.75. The summed E-state index contributed by atoms with van der Waals surface area (Å²) in [7, 11) is 0. The van der Waals surface area contributed by atoms with Crippen molar-refractivity contribution in [2.24, 2.45) is 9.98 Å². The van der Waals surface area contributed by atoms with Crippen molar-refractivity contribution in [3.8, 4) is 0 Å². The van der Waals surface area contributed by atoms with E-state index in [-0.39, 0.29) is 17.1 Å². The number of hydrogen-bond acceptors (Lipinski definition) is 22. The van der Waals surface area contributed by atoms with Crippen molar-refractivity contribution in [3.63, 3.8) is 0 Å². The van der Waals surface area contributed by atoms with Crippen LogP contribution in [0.1, 0.15) is 0 Å². The number of nitrogens with one attached hydrogen (secondary N) is 2. The molecule has 0 aliphatic carbocycles. The van der Waals surface area contributed by atoms with Crippen molar-refractivity contribution in [2.45, 2.75) is 0 Å². The number of rotatable bonds is 33. The maximum Gasteiger partial charge on any atom is 0.408 e. The summed E-state index contributed by atoms with van der Waals surface area (Å²) in [4.78, 5) is 41.3. The van der Waals surface area contributed by atoms with E-state index < -0.39 is 17.3 Å². The molecule has 0 heterocycles. The summed E-state index contributed by atoms with van der Waals surface area (Å²) in [5.74, 6) is 2.83. The lowest BCUT2D eigenvalue weighted by atomic mass is 11.1. The lowest BCUT2D eigenvalue weighted by molar-refractivity contribution is -0.196. The number of hydrogen-bond donors (Lipinski definition) is 4. The zero-order valence-electron chi connectivity index (χ0n) is 24.0. The molecule has 0 radical (unpaired) electrons. The molecule has 45 heavy (non-hydrogen) atoms. The molecule has 0 aromatic rings. The quantitative estimate of drug-likeness (QED) is 0.0110. The van der Waals surface area contributed by atoms with Crippen molar-refractivity contribution >= 4 is 176 Å². The van der Waals surface area contributed by atoms with Crippen molar-refractivity contribution in [1.82, 2.24) is 10.6 Å². The lowest BCUT2D eigenvalue weighted by Crippen LogP contribution is -2.23. The van der Waals surface area contributed by atoms with E-state index in [1.165, 1.54) is 47.2 Å². The largest absolute Gasteiger partial charge is 0.610 e. The van der Waals surface area contributed by atoms with E-state index in [1.54, 1.807) is 94.1 Å². The molecule has 12 nitrogen and oxygen atoms in total. The monoisotopic (exact) mass is 878 g/mol. The number of nitrogens with zero attached hydrogens (tertiary/aromatic N) is 2. The van der Waals surface area contributed by atoms with Crippen LogP contribution in [0.15, 0.2) is 9.98 Å². The maximum atomic E-state index is 11.7. The number of carbonyl (C=O) groups excluding carboxylic acids is 2. The van der Waals surface area contributed by atoms with Crippen molar-refractivity contribution in [1.29, 1.82) is 0 Å². The summed E-state index contributed by atoms with van der Waals surface area (Å²) in [6, 6.07) is 0. The molecule has 1 unspecified atom stereocenters. The summed E-state index contributed by atoms with van der Waals surface area (Å²) >= 11 is 17.3.